The molecule has 0 unspecified atom stereocenters. The molecule has 15 heavy (non-hydrogen) atoms. The third kappa shape index (κ3) is 7.65. The lowest BCUT2D eigenvalue weighted by molar-refractivity contribution is 0.381. The van der Waals surface area contributed by atoms with Gasteiger partial charge < -0.3 is 0 Å². The molecular weight excluding hydrogens is 249 g/mol. The van der Waals surface area contributed by atoms with Gasteiger partial charge in [-0.3, -0.25) is 4.55 Å². The maximum atomic E-state index is 12.5. The van der Waals surface area contributed by atoms with E-state index >= 15 is 0 Å². The molecule has 0 aliphatic rings. The summed E-state index contributed by atoms with van der Waals surface area (Å²) in [6, 6.07) is 0. The molecular formula is C6H14FNO5S2. The van der Waals surface area contributed by atoms with E-state index in [0.717, 1.165) is 0 Å². The predicted molar refractivity (Wildman–Crippen MR) is 52.9 cm³/mol. The van der Waals surface area contributed by atoms with Crippen LogP contribution >= 0.6 is 0 Å². The van der Waals surface area contributed by atoms with Gasteiger partial charge in [-0.05, 0) is 12.8 Å². The fraction of sp³-hybridized carbons (Fsp3) is 1.00. The second kappa shape index (κ2) is 5.73. The van der Waals surface area contributed by atoms with Crippen molar-refractivity contribution >= 4 is 20.5 Å². The Morgan fingerprint density at radius 3 is 2.07 bits per heavy atom. The van der Waals surface area contributed by atoms with Gasteiger partial charge in [0.05, 0.1) is 5.75 Å². The zero-order valence-electron chi connectivity index (χ0n) is 8.26. The molecule has 6 nitrogen and oxygen atoms in total. The number of hydrogen-bond acceptors (Lipinski definition) is 4. The minimum Gasteiger partial charge on any atom is -0.286 e. The van der Waals surface area contributed by atoms with Crippen molar-refractivity contribution in [2.75, 3.05) is 18.8 Å². The smallest absolute Gasteiger partial charge is 0.286 e. The van der Waals surface area contributed by atoms with Crippen LogP contribution in [-0.4, -0.2) is 44.5 Å². The van der Waals surface area contributed by atoms with Crippen LogP contribution < -0.4 is 0 Å². The Labute approximate surface area is 89.2 Å². The molecule has 9 heteroatoms. The normalized spacial score (nSPS) is 13.3. The number of rotatable bonds is 7. The molecule has 0 aliphatic heterocycles. The van der Waals surface area contributed by atoms with Crippen molar-refractivity contribution in [1.29, 1.82) is 0 Å². The van der Waals surface area contributed by atoms with Crippen LogP contribution in [0.25, 0.3) is 0 Å². The van der Waals surface area contributed by atoms with Crippen LogP contribution in [0.2, 0.25) is 0 Å². The van der Waals surface area contributed by atoms with Gasteiger partial charge in [0, 0.05) is 13.1 Å². The van der Waals surface area contributed by atoms with Gasteiger partial charge in [-0.15, -0.1) is 0 Å². The maximum Gasteiger partial charge on any atom is 0.374 e. The molecule has 0 fully saturated rings. The van der Waals surface area contributed by atoms with Gasteiger partial charge in [0.25, 0.3) is 10.1 Å². The van der Waals surface area contributed by atoms with Crippen molar-refractivity contribution in [1.82, 2.24) is 4.31 Å². The summed E-state index contributed by atoms with van der Waals surface area (Å²) in [5.41, 5.74) is 0. The average Bonchev–Trinajstić information content (AvgIpc) is 1.98. The molecule has 1 N–H and O–H groups in total. The van der Waals surface area contributed by atoms with Crippen LogP contribution in [0.15, 0.2) is 0 Å². The van der Waals surface area contributed by atoms with E-state index in [4.69, 9.17) is 4.55 Å². The standard InChI is InChI=1S/C6H14FNO5S2/c1-2-4-8(15(7,12)13)5-3-6-14(9,10)11/h2-6H2,1H3,(H,9,10,11). The number of halogens is 1. The highest BCUT2D eigenvalue weighted by Crippen LogP contribution is 2.05. The van der Waals surface area contributed by atoms with E-state index < -0.39 is 26.3 Å². The fourth-order valence-corrected chi connectivity index (χ4v) is 2.24. The lowest BCUT2D eigenvalue weighted by atomic mass is 10.4. The molecule has 0 radical (unpaired) electrons. The Kier molecular flexibility index (Phi) is 5.63. The minimum absolute atomic E-state index is 0.00961. The first-order valence-electron chi connectivity index (χ1n) is 4.31. The molecule has 0 atom stereocenters. The molecule has 0 saturated heterocycles. The highest BCUT2D eigenvalue weighted by atomic mass is 32.3. The first-order chi connectivity index (χ1) is 6.67. The lowest BCUT2D eigenvalue weighted by Crippen LogP contribution is -2.30. The largest absolute Gasteiger partial charge is 0.374 e. The quantitative estimate of drug-likeness (QED) is 0.523. The van der Waals surface area contributed by atoms with Crippen molar-refractivity contribution < 1.29 is 25.3 Å². The van der Waals surface area contributed by atoms with Gasteiger partial charge in [-0.1, -0.05) is 10.8 Å². The fourth-order valence-electron chi connectivity index (χ4n) is 1.00. The Balaban J connectivity index is 4.22. The van der Waals surface area contributed by atoms with Gasteiger partial charge in [-0.2, -0.15) is 21.1 Å². The van der Waals surface area contributed by atoms with Crippen LogP contribution in [-0.2, 0) is 20.5 Å². The first kappa shape index (κ1) is 14.8. The zero-order chi connectivity index (χ0) is 12.1. The van der Waals surface area contributed by atoms with Gasteiger partial charge in [-0.25, -0.2) is 0 Å². The van der Waals surface area contributed by atoms with Crippen molar-refractivity contribution in [2.24, 2.45) is 0 Å². The molecule has 0 spiro atoms. The summed E-state index contributed by atoms with van der Waals surface area (Å²) in [7, 11) is -8.91. The summed E-state index contributed by atoms with van der Waals surface area (Å²) in [6.07, 6.45) is 0.289. The van der Waals surface area contributed by atoms with Gasteiger partial charge in [0.15, 0.2) is 0 Å². The van der Waals surface area contributed by atoms with E-state index in [1.54, 1.807) is 6.92 Å². The van der Waals surface area contributed by atoms with Crippen LogP contribution in [0, 0.1) is 0 Å². The molecule has 0 aromatic rings. The zero-order valence-corrected chi connectivity index (χ0v) is 9.89. The van der Waals surface area contributed by atoms with Gasteiger partial charge >= 0.3 is 10.4 Å². The molecule has 0 saturated carbocycles. The molecule has 0 aromatic heterocycles. The number of hydrogen-bond donors (Lipinski definition) is 1. The highest BCUT2D eigenvalue weighted by Gasteiger charge is 2.20. The van der Waals surface area contributed by atoms with Gasteiger partial charge in [0.2, 0.25) is 0 Å². The van der Waals surface area contributed by atoms with Gasteiger partial charge in [0.1, 0.15) is 0 Å². The van der Waals surface area contributed by atoms with E-state index in [9.17, 15) is 20.7 Å². The van der Waals surface area contributed by atoms with Crippen molar-refractivity contribution in [2.45, 2.75) is 19.8 Å². The molecule has 0 bridgehead atoms. The first-order valence-corrected chi connectivity index (χ1v) is 7.26. The van der Waals surface area contributed by atoms with Crippen LogP contribution in [0.4, 0.5) is 3.89 Å². The van der Waals surface area contributed by atoms with E-state index in [0.29, 0.717) is 10.7 Å². The van der Waals surface area contributed by atoms with Crippen molar-refractivity contribution in [3.8, 4) is 0 Å². The van der Waals surface area contributed by atoms with Crippen LogP contribution in [0.5, 0.6) is 0 Å². The second-order valence-electron chi connectivity index (χ2n) is 2.98. The summed E-state index contributed by atoms with van der Waals surface area (Å²) in [6.45, 7) is 1.40. The summed E-state index contributed by atoms with van der Waals surface area (Å²) in [5.74, 6) is -0.581. The van der Waals surface area contributed by atoms with Crippen molar-refractivity contribution in [3.05, 3.63) is 0 Å². The lowest BCUT2D eigenvalue weighted by Gasteiger charge is -2.15. The maximum absolute atomic E-state index is 12.5. The Morgan fingerprint density at radius 2 is 1.73 bits per heavy atom. The summed E-state index contributed by atoms with van der Waals surface area (Å²) in [4.78, 5) is 0. The van der Waals surface area contributed by atoms with E-state index in [2.05, 4.69) is 0 Å². The van der Waals surface area contributed by atoms with Crippen LogP contribution in [0.1, 0.15) is 19.8 Å². The third-order valence-corrected chi connectivity index (χ3v) is 3.38. The SMILES string of the molecule is CCCN(CCCS(=O)(=O)O)S(=O)(=O)F. The number of nitrogens with zero attached hydrogens (tertiary/aromatic N) is 1. The molecule has 0 amide bonds. The van der Waals surface area contributed by atoms with E-state index in [1.165, 1.54) is 0 Å². The van der Waals surface area contributed by atoms with E-state index in [-0.39, 0.29) is 19.5 Å². The minimum atomic E-state index is -4.79. The Hall–Kier alpha value is -0.250. The molecule has 0 aliphatic carbocycles. The van der Waals surface area contributed by atoms with Crippen molar-refractivity contribution in [3.63, 3.8) is 0 Å². The predicted octanol–water partition coefficient (Wildman–Crippen LogP) is 0.191. The highest BCUT2D eigenvalue weighted by molar-refractivity contribution is 7.85. The second-order valence-corrected chi connectivity index (χ2v) is 5.89. The molecule has 0 rings (SSSR count). The van der Waals surface area contributed by atoms with Crippen LogP contribution in [0.3, 0.4) is 0 Å². The molecule has 0 heterocycles. The third-order valence-electron chi connectivity index (χ3n) is 1.59. The molecule has 92 valence electrons. The average molecular weight is 263 g/mol. The summed E-state index contributed by atoms with van der Waals surface area (Å²) < 4.78 is 63.1. The molecule has 0 aromatic carbocycles. The van der Waals surface area contributed by atoms with E-state index in [1.807, 2.05) is 0 Å². The Morgan fingerprint density at radius 1 is 1.20 bits per heavy atom. The Bertz CT molecular complexity index is 376. The summed E-state index contributed by atoms with van der Waals surface area (Å²) in [5, 5.41) is 0. The topological polar surface area (TPSA) is 91.8 Å². The summed E-state index contributed by atoms with van der Waals surface area (Å²) >= 11 is 0. The monoisotopic (exact) mass is 263 g/mol.